The standard InChI is InChI=1S/C28H21N3Si/c1-29-22-17-21(18-23(19-22)30-2)20-13-15-24(16-14-20)31-25-9-5-7-11-27(25)32(3,4)28-12-8-6-10-26(28)31/h5-19H,3-4H3. The fourth-order valence-electron chi connectivity index (χ4n) is 4.64. The Bertz CT molecular complexity index is 1340. The smallest absolute Gasteiger partial charge is 0.177 e. The average molecular weight is 428 g/mol. The molecule has 1 heterocycles. The third kappa shape index (κ3) is 3.10. The summed E-state index contributed by atoms with van der Waals surface area (Å²) in [5.41, 5.74) is 6.47. The van der Waals surface area contributed by atoms with Crippen molar-refractivity contribution in [1.82, 2.24) is 0 Å². The van der Waals surface area contributed by atoms with E-state index in [-0.39, 0.29) is 0 Å². The molecule has 1 aliphatic heterocycles. The van der Waals surface area contributed by atoms with Crippen molar-refractivity contribution in [3.8, 4) is 11.1 Å². The van der Waals surface area contributed by atoms with Crippen molar-refractivity contribution in [2.45, 2.75) is 13.1 Å². The number of para-hydroxylation sites is 2. The van der Waals surface area contributed by atoms with Crippen LogP contribution in [0.25, 0.3) is 20.8 Å². The fraction of sp³-hybridized carbons (Fsp3) is 0.0714. The van der Waals surface area contributed by atoms with E-state index in [0.29, 0.717) is 11.4 Å². The predicted octanol–water partition coefficient (Wildman–Crippen LogP) is 7.06. The molecule has 0 saturated carbocycles. The topological polar surface area (TPSA) is 12.0 Å². The molecule has 0 N–H and O–H groups in total. The molecule has 4 aromatic rings. The highest BCUT2D eigenvalue weighted by molar-refractivity contribution is 7.02. The van der Waals surface area contributed by atoms with Gasteiger partial charge in [-0.3, -0.25) is 0 Å². The zero-order valence-electron chi connectivity index (χ0n) is 18.0. The highest BCUT2D eigenvalue weighted by Gasteiger charge is 2.37. The molecule has 3 nitrogen and oxygen atoms in total. The Labute approximate surface area is 189 Å². The molecule has 0 spiro atoms. The summed E-state index contributed by atoms with van der Waals surface area (Å²) in [6.45, 7) is 19.5. The number of hydrogen-bond donors (Lipinski definition) is 0. The van der Waals surface area contributed by atoms with Crippen molar-refractivity contribution >= 4 is 46.9 Å². The Morgan fingerprint density at radius 1 is 0.625 bits per heavy atom. The van der Waals surface area contributed by atoms with Crippen molar-refractivity contribution in [1.29, 1.82) is 0 Å². The summed E-state index contributed by atoms with van der Waals surface area (Å²) in [7, 11) is -1.79. The molecule has 5 rings (SSSR count). The summed E-state index contributed by atoms with van der Waals surface area (Å²) in [5.74, 6) is 0. The Balaban J connectivity index is 1.63. The van der Waals surface area contributed by atoms with Crippen molar-refractivity contribution in [2.75, 3.05) is 4.90 Å². The maximum absolute atomic E-state index is 7.33. The lowest BCUT2D eigenvalue weighted by Crippen LogP contribution is -2.58. The number of nitrogens with zero attached hydrogens (tertiary/aromatic N) is 3. The van der Waals surface area contributed by atoms with Gasteiger partial charge in [0.05, 0.1) is 13.1 Å². The molecular weight excluding hydrogens is 406 g/mol. The molecule has 0 bridgehead atoms. The highest BCUT2D eigenvalue weighted by Crippen LogP contribution is 2.39. The van der Waals surface area contributed by atoms with Crippen LogP contribution in [0, 0.1) is 13.1 Å². The highest BCUT2D eigenvalue weighted by atomic mass is 28.3. The monoisotopic (exact) mass is 427 g/mol. The summed E-state index contributed by atoms with van der Waals surface area (Å²) in [5, 5.41) is 2.88. The molecule has 4 heteroatoms. The van der Waals surface area contributed by atoms with Crippen LogP contribution in [-0.2, 0) is 0 Å². The Hall–Kier alpha value is -4.12. The minimum absolute atomic E-state index is 0.489. The van der Waals surface area contributed by atoms with E-state index in [1.54, 1.807) is 6.07 Å². The van der Waals surface area contributed by atoms with Gasteiger partial charge in [0.15, 0.2) is 11.4 Å². The molecule has 0 aliphatic carbocycles. The first kappa shape index (κ1) is 19.8. The van der Waals surface area contributed by atoms with E-state index in [0.717, 1.165) is 16.8 Å². The van der Waals surface area contributed by atoms with Gasteiger partial charge in [-0.15, -0.1) is 0 Å². The molecule has 32 heavy (non-hydrogen) atoms. The van der Waals surface area contributed by atoms with Gasteiger partial charge < -0.3 is 4.90 Å². The Morgan fingerprint density at radius 3 is 1.62 bits per heavy atom. The second-order valence-electron chi connectivity index (χ2n) is 8.50. The van der Waals surface area contributed by atoms with Gasteiger partial charge in [0, 0.05) is 17.1 Å². The summed E-state index contributed by atoms with van der Waals surface area (Å²) in [6.07, 6.45) is 0. The number of hydrogen-bond acceptors (Lipinski definition) is 1. The summed E-state index contributed by atoms with van der Waals surface area (Å²) < 4.78 is 0. The fourth-order valence-corrected chi connectivity index (χ4v) is 7.63. The molecule has 0 fully saturated rings. The van der Waals surface area contributed by atoms with E-state index in [1.807, 2.05) is 12.1 Å². The third-order valence-electron chi connectivity index (χ3n) is 6.26. The first-order valence-corrected chi connectivity index (χ1v) is 13.5. The van der Waals surface area contributed by atoms with Gasteiger partial charge in [-0.2, -0.15) is 0 Å². The van der Waals surface area contributed by atoms with Crippen LogP contribution in [0.1, 0.15) is 0 Å². The quantitative estimate of drug-likeness (QED) is 0.246. The lowest BCUT2D eigenvalue weighted by atomic mass is 10.0. The number of anilines is 3. The third-order valence-corrected chi connectivity index (χ3v) is 9.80. The summed E-state index contributed by atoms with van der Waals surface area (Å²) >= 11 is 0. The maximum Gasteiger partial charge on any atom is 0.177 e. The van der Waals surface area contributed by atoms with Gasteiger partial charge in [-0.05, 0) is 45.8 Å². The molecule has 152 valence electrons. The molecule has 1 aliphatic rings. The molecule has 4 aromatic carbocycles. The van der Waals surface area contributed by atoms with Crippen molar-refractivity contribution < 1.29 is 0 Å². The molecule has 0 aromatic heterocycles. The molecule has 0 unspecified atom stereocenters. The van der Waals surface area contributed by atoms with Crippen molar-refractivity contribution in [2.24, 2.45) is 0 Å². The van der Waals surface area contributed by atoms with E-state index in [2.05, 4.69) is 100 Å². The average Bonchev–Trinajstić information content (AvgIpc) is 2.84. The minimum atomic E-state index is -1.79. The van der Waals surface area contributed by atoms with E-state index >= 15 is 0 Å². The molecule has 0 amide bonds. The van der Waals surface area contributed by atoms with Crippen LogP contribution in [0.2, 0.25) is 13.1 Å². The molecular formula is C28H21N3Si. The van der Waals surface area contributed by atoms with Crippen LogP contribution in [0.4, 0.5) is 28.4 Å². The first-order chi connectivity index (χ1) is 15.5. The Kier molecular flexibility index (Phi) is 4.67. The lowest BCUT2D eigenvalue weighted by molar-refractivity contribution is 1.29. The largest absolute Gasteiger partial charge is 0.311 e. The van der Waals surface area contributed by atoms with Gasteiger partial charge in [0.25, 0.3) is 0 Å². The minimum Gasteiger partial charge on any atom is -0.311 e. The molecule has 0 radical (unpaired) electrons. The van der Waals surface area contributed by atoms with Gasteiger partial charge in [-0.1, -0.05) is 79.8 Å². The first-order valence-electron chi connectivity index (χ1n) is 10.5. The molecule has 0 saturated heterocycles. The number of rotatable bonds is 2. The van der Waals surface area contributed by atoms with E-state index in [4.69, 9.17) is 13.1 Å². The normalized spacial score (nSPS) is 13.4. The summed E-state index contributed by atoms with van der Waals surface area (Å²) in [4.78, 5) is 9.40. The maximum atomic E-state index is 7.33. The van der Waals surface area contributed by atoms with Crippen molar-refractivity contribution in [3.05, 3.63) is 114 Å². The van der Waals surface area contributed by atoms with Crippen LogP contribution in [-0.4, -0.2) is 8.07 Å². The Morgan fingerprint density at radius 2 is 1.12 bits per heavy atom. The lowest BCUT2D eigenvalue weighted by Gasteiger charge is -2.41. The molecule has 0 atom stereocenters. The zero-order chi connectivity index (χ0) is 22.3. The number of benzene rings is 4. The van der Waals surface area contributed by atoms with Crippen LogP contribution in [0.5, 0.6) is 0 Å². The van der Waals surface area contributed by atoms with Gasteiger partial charge >= 0.3 is 0 Å². The van der Waals surface area contributed by atoms with Crippen LogP contribution < -0.4 is 15.3 Å². The van der Waals surface area contributed by atoms with E-state index in [9.17, 15) is 0 Å². The van der Waals surface area contributed by atoms with Crippen LogP contribution >= 0.6 is 0 Å². The van der Waals surface area contributed by atoms with Gasteiger partial charge in [0.2, 0.25) is 0 Å². The van der Waals surface area contributed by atoms with Crippen LogP contribution in [0.3, 0.4) is 0 Å². The van der Waals surface area contributed by atoms with Crippen molar-refractivity contribution in [3.63, 3.8) is 0 Å². The summed E-state index contributed by atoms with van der Waals surface area (Å²) in [6, 6.07) is 31.2. The predicted molar refractivity (Wildman–Crippen MR) is 136 cm³/mol. The van der Waals surface area contributed by atoms with Gasteiger partial charge in [-0.25, -0.2) is 9.69 Å². The number of fused-ring (bicyclic) bond motifs is 2. The zero-order valence-corrected chi connectivity index (χ0v) is 19.0. The van der Waals surface area contributed by atoms with E-state index < -0.39 is 8.07 Å². The van der Waals surface area contributed by atoms with Gasteiger partial charge in [0.1, 0.15) is 8.07 Å². The van der Waals surface area contributed by atoms with Crippen LogP contribution in [0.15, 0.2) is 91.0 Å². The second-order valence-corrected chi connectivity index (χ2v) is 12.8. The van der Waals surface area contributed by atoms with E-state index in [1.165, 1.54) is 21.7 Å². The second kappa shape index (κ2) is 7.53. The SMILES string of the molecule is [C-]#[N+]c1cc([N+]#[C-])cc(-c2ccc(N3c4ccccc4[Si](C)(C)c4ccccc43)cc2)c1.